The van der Waals surface area contributed by atoms with Crippen LogP contribution in [0.1, 0.15) is 35.4 Å². The number of benzene rings is 3. The van der Waals surface area contributed by atoms with Crippen LogP contribution in [-0.2, 0) is 15.1 Å². The van der Waals surface area contributed by atoms with Crippen molar-refractivity contribution >= 4 is 11.9 Å². The summed E-state index contributed by atoms with van der Waals surface area (Å²) < 4.78 is 11.8. The van der Waals surface area contributed by atoms with Crippen molar-refractivity contribution in [3.8, 4) is 23.0 Å². The second-order valence-corrected chi connectivity index (χ2v) is 6.60. The molecule has 0 amide bonds. The first-order valence-electron chi connectivity index (χ1n) is 8.70. The van der Waals surface area contributed by atoms with Gasteiger partial charge in [-0.2, -0.15) is 0 Å². The Balaban J connectivity index is 0.000000527. The molecule has 7 nitrogen and oxygen atoms in total. The molecule has 0 aromatic heterocycles. The van der Waals surface area contributed by atoms with Crippen LogP contribution in [0.3, 0.4) is 0 Å². The summed E-state index contributed by atoms with van der Waals surface area (Å²) in [4.78, 5) is 21.5. The van der Waals surface area contributed by atoms with Crippen LogP contribution in [0, 0.1) is 0 Å². The van der Waals surface area contributed by atoms with E-state index in [1.54, 1.807) is 24.3 Å². The van der Waals surface area contributed by atoms with Gasteiger partial charge in [0, 0.05) is 35.7 Å². The van der Waals surface area contributed by atoms with E-state index in [0.29, 0.717) is 33.8 Å². The Morgan fingerprint density at radius 2 is 1.40 bits per heavy atom. The predicted molar refractivity (Wildman–Crippen MR) is 102 cm³/mol. The molecule has 2 aliphatic heterocycles. The van der Waals surface area contributed by atoms with E-state index in [1.165, 1.54) is 24.3 Å². The summed E-state index contributed by atoms with van der Waals surface area (Å²) in [5, 5.41) is 27.1. The molecule has 3 N–H and O–H groups in total. The Bertz CT molecular complexity index is 1110. The van der Waals surface area contributed by atoms with Crippen molar-refractivity contribution in [2.45, 2.75) is 12.5 Å². The first kappa shape index (κ1) is 21.7. The summed E-state index contributed by atoms with van der Waals surface area (Å²) in [7, 11) is 0. The zero-order valence-corrected chi connectivity index (χ0v) is 18.2. The Kier molecular flexibility index (Phi) is 5.81. The summed E-state index contributed by atoms with van der Waals surface area (Å²) in [5.41, 5.74) is 1.28. The Labute approximate surface area is 195 Å². The third-order valence-electron chi connectivity index (χ3n) is 4.68. The number of carbonyl (C=O) groups excluding carboxylic acids is 1. The minimum absolute atomic E-state index is 0. The number of carboxylic acid groups (broad SMARTS) is 1. The SMILES string of the molecule is CC(=O)O.O=C1OC2(c3ccc(O)cc3Oc3cc(O)ccc32)c2ccccc21.[H-].[Na+]. The van der Waals surface area contributed by atoms with Crippen molar-refractivity contribution in [2.24, 2.45) is 0 Å². The molecule has 0 fully saturated rings. The molecule has 30 heavy (non-hydrogen) atoms. The third-order valence-corrected chi connectivity index (χ3v) is 4.68. The number of ether oxygens (including phenoxy) is 2. The van der Waals surface area contributed by atoms with Gasteiger partial charge in [-0.15, -0.1) is 0 Å². The van der Waals surface area contributed by atoms with Crippen LogP contribution in [0.4, 0.5) is 0 Å². The van der Waals surface area contributed by atoms with Gasteiger partial charge in [0.25, 0.3) is 5.97 Å². The number of carbonyl (C=O) groups is 2. The number of aliphatic carboxylic acids is 1. The summed E-state index contributed by atoms with van der Waals surface area (Å²) in [5.74, 6) is -0.425. The Morgan fingerprint density at radius 3 is 1.93 bits per heavy atom. The zero-order valence-electron chi connectivity index (χ0n) is 17.2. The molecule has 2 heterocycles. The molecule has 5 rings (SSSR count). The molecular weight excluding hydrogens is 399 g/mol. The molecule has 0 saturated carbocycles. The van der Waals surface area contributed by atoms with Crippen molar-refractivity contribution in [3.05, 3.63) is 82.9 Å². The maximum absolute atomic E-state index is 12.5. The molecule has 0 unspecified atom stereocenters. The van der Waals surface area contributed by atoms with Crippen LogP contribution < -0.4 is 34.3 Å². The first-order valence-corrected chi connectivity index (χ1v) is 8.70. The molecular formula is C22H17NaO7. The number of aromatic hydroxyl groups is 2. The van der Waals surface area contributed by atoms with Crippen molar-refractivity contribution in [3.63, 3.8) is 0 Å². The quantitative estimate of drug-likeness (QED) is 0.368. The fourth-order valence-corrected chi connectivity index (χ4v) is 3.65. The standard InChI is InChI=1S/C20H12O5.C2H4O2.Na.H/c21-11-5-7-15-17(9-11)24-18-10-12(22)6-8-16(18)20(15)14-4-2-1-3-13(14)19(23)25-20;1-2(3)4;;/h1-10,21-22H;1H3,(H,3,4);;/q;;+1;-1. The summed E-state index contributed by atoms with van der Waals surface area (Å²) in [6, 6.07) is 16.6. The fraction of sp³-hybridized carbons (Fsp3) is 0.0909. The van der Waals surface area contributed by atoms with Crippen LogP contribution >= 0.6 is 0 Å². The molecule has 3 aromatic carbocycles. The molecule has 3 aromatic rings. The average Bonchev–Trinajstić information content (AvgIpc) is 2.95. The number of rotatable bonds is 0. The zero-order chi connectivity index (χ0) is 20.8. The molecule has 0 bridgehead atoms. The van der Waals surface area contributed by atoms with E-state index in [0.717, 1.165) is 6.92 Å². The topological polar surface area (TPSA) is 113 Å². The Hall–Kier alpha value is -3.00. The minimum atomic E-state index is -1.17. The van der Waals surface area contributed by atoms with E-state index >= 15 is 0 Å². The van der Waals surface area contributed by atoms with Crippen molar-refractivity contribution in [1.29, 1.82) is 0 Å². The van der Waals surface area contributed by atoms with Gasteiger partial charge in [0.1, 0.15) is 23.0 Å². The molecule has 0 aliphatic carbocycles. The van der Waals surface area contributed by atoms with Crippen LogP contribution in [0.25, 0.3) is 0 Å². The average molecular weight is 416 g/mol. The van der Waals surface area contributed by atoms with Crippen LogP contribution in [0.2, 0.25) is 0 Å². The van der Waals surface area contributed by atoms with Gasteiger partial charge in [-0.1, -0.05) is 18.2 Å². The minimum Gasteiger partial charge on any atom is -1.00 e. The normalized spacial score (nSPS) is 14.0. The van der Waals surface area contributed by atoms with E-state index in [2.05, 4.69) is 0 Å². The maximum Gasteiger partial charge on any atom is 1.00 e. The van der Waals surface area contributed by atoms with Crippen LogP contribution in [0.15, 0.2) is 60.7 Å². The number of fused-ring (bicyclic) bond motifs is 6. The Morgan fingerprint density at radius 1 is 0.900 bits per heavy atom. The van der Waals surface area contributed by atoms with E-state index in [4.69, 9.17) is 19.4 Å². The van der Waals surface area contributed by atoms with Gasteiger partial charge >= 0.3 is 35.5 Å². The van der Waals surface area contributed by atoms with Gasteiger partial charge in [0.05, 0.1) is 5.56 Å². The van der Waals surface area contributed by atoms with E-state index in [-0.39, 0.29) is 42.5 Å². The molecule has 0 radical (unpaired) electrons. The number of hydrogen-bond acceptors (Lipinski definition) is 6. The van der Waals surface area contributed by atoms with Gasteiger partial charge in [-0.3, -0.25) is 4.79 Å². The van der Waals surface area contributed by atoms with Gasteiger partial charge in [0.15, 0.2) is 5.60 Å². The van der Waals surface area contributed by atoms with Gasteiger partial charge < -0.3 is 26.2 Å². The van der Waals surface area contributed by atoms with E-state index in [9.17, 15) is 15.0 Å². The fourth-order valence-electron chi connectivity index (χ4n) is 3.65. The number of phenols is 2. The van der Waals surface area contributed by atoms with Crippen LogP contribution in [0.5, 0.6) is 23.0 Å². The molecule has 0 atom stereocenters. The summed E-state index contributed by atoms with van der Waals surface area (Å²) >= 11 is 0. The van der Waals surface area contributed by atoms with Crippen molar-refractivity contribution < 1.29 is 65.4 Å². The van der Waals surface area contributed by atoms with E-state index in [1.807, 2.05) is 12.1 Å². The van der Waals surface area contributed by atoms with Crippen molar-refractivity contribution in [1.82, 2.24) is 0 Å². The summed E-state index contributed by atoms with van der Waals surface area (Å²) in [6.07, 6.45) is 0. The second-order valence-electron chi connectivity index (χ2n) is 6.60. The number of hydrogen-bond donors (Lipinski definition) is 3. The molecule has 1 spiro atoms. The maximum atomic E-state index is 12.5. The third kappa shape index (κ3) is 3.41. The van der Waals surface area contributed by atoms with Gasteiger partial charge in [-0.25, -0.2) is 4.79 Å². The first-order chi connectivity index (χ1) is 13.8. The smallest absolute Gasteiger partial charge is 1.00 e. The largest absolute Gasteiger partial charge is 1.00 e. The van der Waals surface area contributed by atoms with Gasteiger partial charge in [-0.05, 0) is 30.3 Å². The second kappa shape index (κ2) is 8.02. The van der Waals surface area contributed by atoms with E-state index < -0.39 is 17.5 Å². The number of phenolic OH excluding ortho intramolecular Hbond substituents is 2. The predicted octanol–water partition coefficient (Wildman–Crippen LogP) is 0.873. The molecule has 2 aliphatic rings. The summed E-state index contributed by atoms with van der Waals surface area (Å²) in [6.45, 7) is 1.08. The number of esters is 1. The van der Waals surface area contributed by atoms with Crippen molar-refractivity contribution in [2.75, 3.05) is 0 Å². The van der Waals surface area contributed by atoms with Gasteiger partial charge in [0.2, 0.25) is 0 Å². The molecule has 8 heteroatoms. The molecule has 148 valence electrons. The van der Waals surface area contributed by atoms with Crippen LogP contribution in [-0.4, -0.2) is 27.3 Å². The monoisotopic (exact) mass is 416 g/mol. The molecule has 0 saturated heterocycles. The number of carboxylic acids is 1.